The summed E-state index contributed by atoms with van der Waals surface area (Å²) in [7, 11) is 0. The van der Waals surface area contributed by atoms with Crippen molar-refractivity contribution in [1.29, 1.82) is 0 Å². The Morgan fingerprint density at radius 1 is 1.09 bits per heavy atom. The largest absolute Gasteiger partial charge is 0.334 e. The van der Waals surface area contributed by atoms with E-state index in [2.05, 4.69) is 25.7 Å². The summed E-state index contributed by atoms with van der Waals surface area (Å²) in [4.78, 5) is 32.9. The second-order valence-electron chi connectivity index (χ2n) is 6.62. The highest BCUT2D eigenvalue weighted by atomic mass is 19.2. The van der Waals surface area contributed by atoms with Gasteiger partial charge in [-0.3, -0.25) is 14.9 Å². The van der Waals surface area contributed by atoms with Crippen molar-refractivity contribution in [3.8, 4) is 16.9 Å². The molecule has 32 heavy (non-hydrogen) atoms. The molecule has 0 spiro atoms. The molecule has 3 N–H and O–H groups in total. The quantitative estimate of drug-likeness (QED) is 0.414. The van der Waals surface area contributed by atoms with Crippen LogP contribution in [0.2, 0.25) is 0 Å². The fraction of sp³-hybridized carbons (Fsp3) is 0.0476. The van der Waals surface area contributed by atoms with Crippen molar-refractivity contribution in [2.75, 3.05) is 5.32 Å². The zero-order chi connectivity index (χ0) is 22.7. The van der Waals surface area contributed by atoms with Gasteiger partial charge in [0, 0.05) is 36.9 Å². The lowest BCUT2D eigenvalue weighted by Gasteiger charge is -2.10. The first kappa shape index (κ1) is 20.8. The topological polar surface area (TPSA) is 105 Å². The van der Waals surface area contributed by atoms with Gasteiger partial charge in [-0.1, -0.05) is 6.07 Å². The zero-order valence-electron chi connectivity index (χ0n) is 16.3. The molecule has 1 aromatic carbocycles. The number of nitrogens with one attached hydrogen (secondary N) is 3. The second kappa shape index (κ2) is 8.76. The number of hydrogen-bond donors (Lipinski definition) is 3. The Labute approximate surface area is 178 Å². The van der Waals surface area contributed by atoms with Crippen LogP contribution >= 0.6 is 0 Å². The number of H-pyrrole nitrogens is 1. The average Bonchev–Trinajstić information content (AvgIpc) is 3.20. The molecule has 0 saturated heterocycles. The molecule has 0 saturated carbocycles. The number of carbonyl (C=O) groups is 1. The summed E-state index contributed by atoms with van der Waals surface area (Å²) in [5.74, 6) is -4.24. The second-order valence-corrected chi connectivity index (χ2v) is 6.62. The van der Waals surface area contributed by atoms with Crippen LogP contribution in [0.25, 0.3) is 16.9 Å². The monoisotopic (exact) mass is 440 g/mol. The maximum atomic E-state index is 13.7. The first-order valence-electron chi connectivity index (χ1n) is 9.28. The number of halogens is 3. The van der Waals surface area contributed by atoms with E-state index in [1.54, 1.807) is 36.7 Å². The summed E-state index contributed by atoms with van der Waals surface area (Å²) < 4.78 is 41.2. The average molecular weight is 440 g/mol. The highest BCUT2D eigenvalue weighted by molar-refractivity contribution is 5.89. The lowest BCUT2D eigenvalue weighted by Crippen LogP contribution is -2.29. The van der Waals surface area contributed by atoms with E-state index in [4.69, 9.17) is 0 Å². The molecular formula is C21H15F3N6O2. The van der Waals surface area contributed by atoms with Crippen LogP contribution in [-0.4, -0.2) is 25.8 Å². The highest BCUT2D eigenvalue weighted by Crippen LogP contribution is 2.19. The highest BCUT2D eigenvalue weighted by Gasteiger charge is 2.15. The Balaban J connectivity index is 1.46. The maximum Gasteiger partial charge on any atom is 0.319 e. The van der Waals surface area contributed by atoms with Gasteiger partial charge >= 0.3 is 6.03 Å². The van der Waals surface area contributed by atoms with Gasteiger partial charge in [0.15, 0.2) is 23.3 Å². The van der Waals surface area contributed by atoms with Crippen molar-refractivity contribution in [3.05, 3.63) is 94.6 Å². The molecule has 3 heterocycles. The van der Waals surface area contributed by atoms with Gasteiger partial charge in [0.1, 0.15) is 0 Å². The third-order valence-corrected chi connectivity index (χ3v) is 4.52. The van der Waals surface area contributed by atoms with Crippen LogP contribution in [0.15, 0.2) is 66.0 Å². The van der Waals surface area contributed by atoms with Gasteiger partial charge in [0.25, 0.3) is 5.56 Å². The third kappa shape index (κ3) is 4.21. The fourth-order valence-corrected chi connectivity index (χ4v) is 2.93. The van der Waals surface area contributed by atoms with E-state index in [9.17, 15) is 22.8 Å². The van der Waals surface area contributed by atoms with Crippen LogP contribution in [0, 0.1) is 17.5 Å². The summed E-state index contributed by atoms with van der Waals surface area (Å²) in [6, 6.07) is 7.44. The number of nitrogens with zero attached hydrogens (tertiary/aromatic N) is 3. The molecule has 8 nitrogen and oxygen atoms in total. The van der Waals surface area contributed by atoms with Crippen molar-refractivity contribution in [2.45, 2.75) is 6.54 Å². The predicted molar refractivity (Wildman–Crippen MR) is 110 cm³/mol. The molecule has 0 unspecified atom stereocenters. The van der Waals surface area contributed by atoms with Crippen LogP contribution in [0.5, 0.6) is 0 Å². The van der Waals surface area contributed by atoms with Gasteiger partial charge < -0.3 is 10.6 Å². The van der Waals surface area contributed by atoms with Gasteiger partial charge in [-0.25, -0.2) is 27.6 Å². The minimum absolute atomic E-state index is 0.00241. The molecule has 0 radical (unpaired) electrons. The zero-order valence-corrected chi connectivity index (χ0v) is 16.3. The molecule has 11 heteroatoms. The Kier molecular flexibility index (Phi) is 5.71. The molecular weight excluding hydrogens is 425 g/mol. The van der Waals surface area contributed by atoms with Gasteiger partial charge in [0.2, 0.25) is 0 Å². The number of anilines is 1. The first-order valence-corrected chi connectivity index (χ1v) is 9.28. The van der Waals surface area contributed by atoms with E-state index >= 15 is 0 Å². The van der Waals surface area contributed by atoms with Gasteiger partial charge in [-0.05, 0) is 35.9 Å². The number of hydrogen-bond acceptors (Lipinski definition) is 4. The van der Waals surface area contributed by atoms with Gasteiger partial charge in [-0.15, -0.1) is 0 Å². The number of urea groups is 1. The molecule has 4 aromatic rings. The molecule has 0 atom stereocenters. The number of pyridine rings is 2. The van der Waals surface area contributed by atoms with Crippen LogP contribution in [0.3, 0.4) is 0 Å². The first-order chi connectivity index (χ1) is 15.4. The molecule has 3 aromatic heterocycles. The van der Waals surface area contributed by atoms with Gasteiger partial charge in [-0.2, -0.15) is 0 Å². The van der Waals surface area contributed by atoms with E-state index in [-0.39, 0.29) is 17.9 Å². The van der Waals surface area contributed by atoms with Crippen LogP contribution < -0.4 is 16.2 Å². The van der Waals surface area contributed by atoms with Crippen molar-refractivity contribution in [1.82, 2.24) is 25.1 Å². The lowest BCUT2D eigenvalue weighted by atomic mass is 10.2. The van der Waals surface area contributed by atoms with Crippen molar-refractivity contribution in [3.63, 3.8) is 0 Å². The molecule has 0 aliphatic carbocycles. The van der Waals surface area contributed by atoms with E-state index in [0.717, 1.165) is 6.07 Å². The third-order valence-electron chi connectivity index (χ3n) is 4.52. The molecule has 0 fully saturated rings. The molecule has 162 valence electrons. The number of aromatic amines is 1. The number of carbonyl (C=O) groups excluding carboxylic acids is 1. The summed E-state index contributed by atoms with van der Waals surface area (Å²) >= 11 is 0. The van der Waals surface area contributed by atoms with Crippen LogP contribution in [0.1, 0.15) is 5.56 Å². The van der Waals surface area contributed by atoms with Crippen LogP contribution in [-0.2, 0) is 6.54 Å². The number of benzene rings is 1. The maximum absolute atomic E-state index is 13.7. The number of amides is 2. The summed E-state index contributed by atoms with van der Waals surface area (Å²) in [5, 5.41) is 7.41. The molecule has 0 bridgehead atoms. The Bertz CT molecular complexity index is 1340. The molecule has 4 rings (SSSR count). The van der Waals surface area contributed by atoms with Crippen LogP contribution in [0.4, 0.5) is 23.7 Å². The van der Waals surface area contributed by atoms with E-state index in [1.807, 2.05) is 0 Å². The number of aromatic nitrogens is 4. The fourth-order valence-electron chi connectivity index (χ4n) is 2.93. The SMILES string of the molecule is O=C(NCc1ccnc(-n2[nH]cc(-c3cccnc3)c2=O)c1)Nc1ccc(F)c(F)c1F. The Morgan fingerprint density at radius 2 is 1.94 bits per heavy atom. The summed E-state index contributed by atoms with van der Waals surface area (Å²) in [6.45, 7) is -0.00241. The summed E-state index contributed by atoms with van der Waals surface area (Å²) in [5.41, 5.74) is 0.808. The predicted octanol–water partition coefficient (Wildman–Crippen LogP) is 3.36. The molecule has 0 aliphatic rings. The minimum atomic E-state index is -1.68. The smallest absolute Gasteiger partial charge is 0.319 e. The minimum Gasteiger partial charge on any atom is -0.334 e. The van der Waals surface area contributed by atoms with Crippen molar-refractivity contribution < 1.29 is 18.0 Å². The standard InChI is InChI=1S/C21H15F3N6O2/c22-15-3-4-16(19(24)18(15)23)29-21(32)27-9-12-5-7-26-17(8-12)30-20(31)14(11-28-30)13-2-1-6-25-10-13/h1-8,10-11,28H,9H2,(H2,27,29,32). The van der Waals surface area contributed by atoms with E-state index < -0.39 is 29.2 Å². The van der Waals surface area contributed by atoms with Crippen molar-refractivity contribution >= 4 is 11.7 Å². The molecule has 2 amide bonds. The Hall–Kier alpha value is -4.41. The number of rotatable bonds is 5. The van der Waals surface area contributed by atoms with E-state index in [0.29, 0.717) is 22.8 Å². The van der Waals surface area contributed by atoms with Gasteiger partial charge in [0.05, 0.1) is 11.3 Å². The van der Waals surface area contributed by atoms with Crippen molar-refractivity contribution in [2.24, 2.45) is 0 Å². The molecule has 0 aliphatic heterocycles. The van der Waals surface area contributed by atoms with E-state index in [1.165, 1.54) is 17.1 Å². The normalized spacial score (nSPS) is 10.7. The lowest BCUT2D eigenvalue weighted by molar-refractivity contribution is 0.251. The summed E-state index contributed by atoms with van der Waals surface area (Å²) in [6.07, 6.45) is 6.16. The Morgan fingerprint density at radius 3 is 2.72 bits per heavy atom.